The Hall–Kier alpha value is -4.08. The van der Waals surface area contributed by atoms with Crippen molar-refractivity contribution in [3.8, 4) is 5.69 Å². The summed E-state index contributed by atoms with van der Waals surface area (Å²) < 4.78 is 8.04. The molecule has 1 aromatic carbocycles. The van der Waals surface area contributed by atoms with Gasteiger partial charge in [-0.05, 0) is 47.7 Å². The van der Waals surface area contributed by atoms with E-state index < -0.39 is 5.97 Å². The Morgan fingerprint density at radius 3 is 2.89 bits per heavy atom. The molecule has 0 radical (unpaired) electrons. The minimum Gasteiger partial charge on any atom is -0.462 e. The molecule has 0 atom stereocenters. The van der Waals surface area contributed by atoms with Crippen LogP contribution in [0.3, 0.4) is 0 Å². The van der Waals surface area contributed by atoms with Gasteiger partial charge in [0.15, 0.2) is 0 Å². The van der Waals surface area contributed by atoms with Crippen molar-refractivity contribution in [2.75, 3.05) is 11.9 Å². The summed E-state index contributed by atoms with van der Waals surface area (Å²) in [5, 5.41) is 17.9. The quantitative estimate of drug-likeness (QED) is 0.527. The highest BCUT2D eigenvalue weighted by atomic mass is 16.5. The van der Waals surface area contributed by atoms with Crippen molar-refractivity contribution in [2.45, 2.75) is 6.92 Å². The number of anilines is 1. The maximum atomic E-state index is 12.6. The van der Waals surface area contributed by atoms with Crippen molar-refractivity contribution in [3.05, 3.63) is 66.2 Å². The zero-order chi connectivity index (χ0) is 19.5. The summed E-state index contributed by atoms with van der Waals surface area (Å²) in [6.45, 7) is 2.00. The molecule has 28 heavy (non-hydrogen) atoms. The van der Waals surface area contributed by atoms with Crippen molar-refractivity contribution in [1.82, 2.24) is 29.8 Å². The van der Waals surface area contributed by atoms with Gasteiger partial charge in [0, 0.05) is 17.4 Å². The Kier molecular flexibility index (Phi) is 4.50. The summed E-state index contributed by atoms with van der Waals surface area (Å²) in [6.07, 6.45) is 4.54. The fraction of sp³-hybridized carbons (Fsp3) is 0.111. The van der Waals surface area contributed by atoms with Crippen molar-refractivity contribution >= 4 is 23.1 Å². The van der Waals surface area contributed by atoms with Crippen LogP contribution in [0, 0.1) is 0 Å². The van der Waals surface area contributed by atoms with Crippen LogP contribution < -0.4 is 5.32 Å². The van der Waals surface area contributed by atoms with Gasteiger partial charge in [-0.1, -0.05) is 6.07 Å². The number of carbonyl (C=O) groups excluding carboxylic acids is 2. The van der Waals surface area contributed by atoms with E-state index >= 15 is 0 Å². The van der Waals surface area contributed by atoms with Gasteiger partial charge >= 0.3 is 5.97 Å². The highest BCUT2D eigenvalue weighted by Crippen LogP contribution is 2.18. The number of hydrogen-bond acceptors (Lipinski definition) is 7. The second-order valence-corrected chi connectivity index (χ2v) is 5.78. The molecule has 0 aliphatic carbocycles. The molecule has 3 heterocycles. The number of pyridine rings is 1. The number of aromatic nitrogens is 6. The molecule has 1 amide bonds. The lowest BCUT2D eigenvalue weighted by atomic mass is 10.2. The molecule has 0 aliphatic heterocycles. The molecule has 140 valence electrons. The van der Waals surface area contributed by atoms with Crippen LogP contribution >= 0.6 is 0 Å². The highest BCUT2D eigenvalue weighted by Gasteiger charge is 2.15. The van der Waals surface area contributed by atoms with Crippen LogP contribution in [-0.2, 0) is 4.74 Å². The van der Waals surface area contributed by atoms with E-state index in [1.54, 1.807) is 54.0 Å². The van der Waals surface area contributed by atoms with Gasteiger partial charge in [0.25, 0.3) is 5.91 Å². The molecule has 3 aromatic heterocycles. The molecule has 4 rings (SSSR count). The Bertz CT molecular complexity index is 1150. The lowest BCUT2D eigenvalue weighted by Gasteiger charge is -2.08. The van der Waals surface area contributed by atoms with Crippen LogP contribution in [0.5, 0.6) is 0 Å². The van der Waals surface area contributed by atoms with Gasteiger partial charge in [0.05, 0.1) is 24.0 Å². The minimum atomic E-state index is -0.463. The van der Waals surface area contributed by atoms with E-state index in [9.17, 15) is 9.59 Å². The second kappa shape index (κ2) is 7.27. The third-order valence-electron chi connectivity index (χ3n) is 4.00. The SMILES string of the molecule is CCOC(=O)c1cnn2ccc(NC(=O)c3cccc(-n4cnnn4)c3)cc12. The Labute approximate surface area is 158 Å². The van der Waals surface area contributed by atoms with E-state index in [0.29, 0.717) is 28.0 Å². The van der Waals surface area contributed by atoms with E-state index in [2.05, 4.69) is 25.9 Å². The summed E-state index contributed by atoms with van der Waals surface area (Å²) in [4.78, 5) is 24.7. The maximum Gasteiger partial charge on any atom is 0.341 e. The molecule has 0 unspecified atom stereocenters. The normalized spacial score (nSPS) is 10.8. The van der Waals surface area contributed by atoms with E-state index in [0.717, 1.165) is 0 Å². The summed E-state index contributed by atoms with van der Waals surface area (Å²) in [5.41, 5.74) is 2.49. The van der Waals surface area contributed by atoms with E-state index in [-0.39, 0.29) is 12.5 Å². The van der Waals surface area contributed by atoms with Crippen LogP contribution in [0.25, 0.3) is 11.2 Å². The van der Waals surface area contributed by atoms with Gasteiger partial charge in [-0.15, -0.1) is 5.10 Å². The first kappa shape index (κ1) is 17.3. The fourth-order valence-corrected chi connectivity index (χ4v) is 2.70. The lowest BCUT2D eigenvalue weighted by molar-refractivity contribution is 0.0528. The maximum absolute atomic E-state index is 12.6. The van der Waals surface area contributed by atoms with Crippen LogP contribution in [-0.4, -0.2) is 48.3 Å². The van der Waals surface area contributed by atoms with Gasteiger partial charge in [-0.2, -0.15) is 5.10 Å². The number of nitrogens with one attached hydrogen (secondary N) is 1. The summed E-state index contributed by atoms with van der Waals surface area (Å²) in [6, 6.07) is 10.3. The average molecular weight is 377 g/mol. The topological polar surface area (TPSA) is 116 Å². The molecular formula is C18H15N7O3. The third-order valence-corrected chi connectivity index (χ3v) is 4.00. The number of ether oxygens (including phenoxy) is 1. The first-order valence-electron chi connectivity index (χ1n) is 8.45. The van der Waals surface area contributed by atoms with E-state index in [4.69, 9.17) is 4.74 Å². The Balaban J connectivity index is 1.59. The van der Waals surface area contributed by atoms with Gasteiger partial charge in [-0.25, -0.2) is 14.0 Å². The molecular weight excluding hydrogens is 362 g/mol. The Morgan fingerprint density at radius 1 is 1.21 bits per heavy atom. The standard InChI is InChI=1S/C18H15N7O3/c1-2-28-18(27)15-10-20-24-7-6-13(9-16(15)24)21-17(26)12-4-3-5-14(8-12)25-11-19-22-23-25/h3-11H,2H2,1H3,(H,21,26). The van der Waals surface area contributed by atoms with Crippen molar-refractivity contribution in [3.63, 3.8) is 0 Å². The average Bonchev–Trinajstić information content (AvgIpc) is 3.38. The summed E-state index contributed by atoms with van der Waals surface area (Å²) in [7, 11) is 0. The van der Waals surface area contributed by atoms with Crippen LogP contribution in [0.4, 0.5) is 5.69 Å². The predicted molar refractivity (Wildman–Crippen MR) is 98.3 cm³/mol. The van der Waals surface area contributed by atoms with E-state index in [1.165, 1.54) is 17.2 Å². The van der Waals surface area contributed by atoms with Crippen LogP contribution in [0.2, 0.25) is 0 Å². The third kappa shape index (κ3) is 3.30. The zero-order valence-electron chi connectivity index (χ0n) is 14.8. The molecule has 10 nitrogen and oxygen atoms in total. The molecule has 0 bridgehead atoms. The van der Waals surface area contributed by atoms with Crippen molar-refractivity contribution in [1.29, 1.82) is 0 Å². The largest absolute Gasteiger partial charge is 0.462 e. The smallest absolute Gasteiger partial charge is 0.341 e. The number of nitrogens with zero attached hydrogens (tertiary/aromatic N) is 6. The number of benzene rings is 1. The molecule has 0 fully saturated rings. The zero-order valence-corrected chi connectivity index (χ0v) is 14.8. The molecule has 4 aromatic rings. The number of rotatable bonds is 5. The fourth-order valence-electron chi connectivity index (χ4n) is 2.70. The number of esters is 1. The molecule has 0 spiro atoms. The van der Waals surface area contributed by atoms with Crippen molar-refractivity contribution < 1.29 is 14.3 Å². The number of hydrogen-bond donors (Lipinski definition) is 1. The lowest BCUT2D eigenvalue weighted by Crippen LogP contribution is -2.13. The highest BCUT2D eigenvalue weighted by molar-refractivity contribution is 6.05. The molecule has 0 saturated carbocycles. The summed E-state index contributed by atoms with van der Waals surface area (Å²) >= 11 is 0. The predicted octanol–water partition coefficient (Wildman–Crippen LogP) is 1.74. The molecule has 1 N–H and O–H groups in total. The molecule has 10 heteroatoms. The second-order valence-electron chi connectivity index (χ2n) is 5.78. The molecule has 0 aliphatic rings. The summed E-state index contributed by atoms with van der Waals surface area (Å²) in [5.74, 6) is -0.772. The van der Waals surface area contributed by atoms with Gasteiger partial charge in [0.1, 0.15) is 11.9 Å². The number of amides is 1. The van der Waals surface area contributed by atoms with Gasteiger partial charge in [0.2, 0.25) is 0 Å². The van der Waals surface area contributed by atoms with E-state index in [1.807, 2.05) is 0 Å². The van der Waals surface area contributed by atoms with Crippen LogP contribution in [0.1, 0.15) is 27.6 Å². The van der Waals surface area contributed by atoms with Gasteiger partial charge < -0.3 is 10.1 Å². The van der Waals surface area contributed by atoms with Gasteiger partial charge in [-0.3, -0.25) is 4.79 Å². The van der Waals surface area contributed by atoms with Crippen LogP contribution in [0.15, 0.2) is 55.1 Å². The number of carbonyl (C=O) groups is 2. The minimum absolute atomic E-state index is 0.268. The number of tetrazole rings is 1. The first-order chi connectivity index (χ1) is 13.7. The molecule has 0 saturated heterocycles. The Morgan fingerprint density at radius 2 is 2.11 bits per heavy atom. The monoisotopic (exact) mass is 377 g/mol. The van der Waals surface area contributed by atoms with Crippen molar-refractivity contribution in [2.24, 2.45) is 0 Å². The first-order valence-corrected chi connectivity index (χ1v) is 8.45. The number of fused-ring (bicyclic) bond motifs is 1.